The fourth-order valence-electron chi connectivity index (χ4n) is 2.27. The SMILES string of the molecule is C=CCN1C(=O)[C@@H](CC(=O)Nc2ccc(Br)cc2)S/C1=N/n1cnnc1. The van der Waals surface area contributed by atoms with E-state index < -0.39 is 5.25 Å². The Morgan fingerprint density at radius 2 is 2.04 bits per heavy atom. The van der Waals surface area contributed by atoms with Gasteiger partial charge in [0.1, 0.15) is 17.9 Å². The smallest absolute Gasteiger partial charge is 0.243 e. The topological polar surface area (TPSA) is 92.5 Å². The number of rotatable bonds is 6. The van der Waals surface area contributed by atoms with Gasteiger partial charge in [-0.25, -0.2) is 4.68 Å². The molecule has 2 aromatic rings. The minimum Gasteiger partial charge on any atom is -0.326 e. The zero-order valence-corrected chi connectivity index (χ0v) is 16.0. The van der Waals surface area contributed by atoms with Crippen LogP contribution in [0.3, 0.4) is 0 Å². The molecule has 1 aromatic carbocycles. The second-order valence-electron chi connectivity index (χ2n) is 5.33. The van der Waals surface area contributed by atoms with Crippen LogP contribution in [0.25, 0.3) is 0 Å². The highest BCUT2D eigenvalue weighted by Crippen LogP contribution is 2.30. The van der Waals surface area contributed by atoms with Gasteiger partial charge in [0, 0.05) is 23.1 Å². The van der Waals surface area contributed by atoms with Gasteiger partial charge >= 0.3 is 0 Å². The molecule has 1 aromatic heterocycles. The van der Waals surface area contributed by atoms with Crippen LogP contribution in [0.4, 0.5) is 5.69 Å². The monoisotopic (exact) mass is 434 g/mol. The molecule has 3 rings (SSSR count). The Labute approximate surface area is 162 Å². The molecule has 1 aliphatic rings. The van der Waals surface area contributed by atoms with Crippen molar-refractivity contribution in [1.82, 2.24) is 19.8 Å². The van der Waals surface area contributed by atoms with Crippen LogP contribution in [-0.2, 0) is 9.59 Å². The second kappa shape index (κ2) is 8.28. The molecule has 1 fully saturated rings. The number of benzene rings is 1. The van der Waals surface area contributed by atoms with Gasteiger partial charge in [-0.3, -0.25) is 14.5 Å². The first-order valence-corrected chi connectivity index (χ1v) is 9.32. The van der Waals surface area contributed by atoms with E-state index in [0.717, 1.165) is 4.47 Å². The van der Waals surface area contributed by atoms with E-state index in [1.165, 1.54) is 34.0 Å². The summed E-state index contributed by atoms with van der Waals surface area (Å²) in [7, 11) is 0. The average Bonchev–Trinajstić information content (AvgIpc) is 3.22. The Morgan fingerprint density at radius 3 is 2.69 bits per heavy atom. The summed E-state index contributed by atoms with van der Waals surface area (Å²) in [5.41, 5.74) is 0.676. The van der Waals surface area contributed by atoms with Crippen molar-refractivity contribution >= 4 is 50.4 Å². The Hall–Kier alpha value is -2.46. The van der Waals surface area contributed by atoms with Gasteiger partial charge < -0.3 is 5.32 Å². The molecule has 1 aliphatic heterocycles. The lowest BCUT2D eigenvalue weighted by Gasteiger charge is -2.13. The van der Waals surface area contributed by atoms with Crippen molar-refractivity contribution in [3.05, 3.63) is 54.0 Å². The van der Waals surface area contributed by atoms with Gasteiger partial charge in [-0.15, -0.1) is 21.9 Å². The second-order valence-corrected chi connectivity index (χ2v) is 7.41. The number of halogens is 1. The van der Waals surface area contributed by atoms with Crippen LogP contribution >= 0.6 is 27.7 Å². The highest BCUT2D eigenvalue weighted by atomic mass is 79.9. The molecule has 1 saturated heterocycles. The standard InChI is InChI=1S/C16H15BrN6O2S/c1-2-7-23-15(25)13(26-16(23)21-22-9-18-19-10-22)8-14(24)20-12-5-3-11(17)4-6-12/h2-6,9-10,13H,1,7-8H2,(H,20,24)/b21-16+/t13-/m1/s1. The Morgan fingerprint density at radius 1 is 1.35 bits per heavy atom. The molecule has 10 heteroatoms. The van der Waals surface area contributed by atoms with Gasteiger partial charge in [0.15, 0.2) is 5.17 Å². The molecule has 0 aliphatic carbocycles. The van der Waals surface area contributed by atoms with Crippen LogP contribution in [0, 0.1) is 0 Å². The van der Waals surface area contributed by atoms with Crippen molar-refractivity contribution in [1.29, 1.82) is 0 Å². The maximum atomic E-state index is 12.6. The minimum atomic E-state index is -0.541. The largest absolute Gasteiger partial charge is 0.326 e. The molecule has 0 radical (unpaired) electrons. The van der Waals surface area contributed by atoms with Gasteiger partial charge in [-0.05, 0) is 24.3 Å². The fraction of sp³-hybridized carbons (Fsp3) is 0.188. The molecule has 1 N–H and O–H groups in total. The molecular formula is C16H15BrN6O2S. The first kappa shape index (κ1) is 18.3. The van der Waals surface area contributed by atoms with E-state index >= 15 is 0 Å². The molecule has 0 bridgehead atoms. The number of nitrogens with zero attached hydrogens (tertiary/aromatic N) is 5. The van der Waals surface area contributed by atoms with Crippen molar-refractivity contribution in [2.45, 2.75) is 11.7 Å². The molecule has 0 saturated carbocycles. The number of hydrogen-bond acceptors (Lipinski definition) is 6. The summed E-state index contributed by atoms with van der Waals surface area (Å²) in [5.74, 6) is -0.407. The molecule has 0 spiro atoms. The van der Waals surface area contributed by atoms with Crippen LogP contribution in [0.1, 0.15) is 6.42 Å². The van der Waals surface area contributed by atoms with Crippen LogP contribution in [-0.4, -0.2) is 48.6 Å². The van der Waals surface area contributed by atoms with Gasteiger partial charge in [0.05, 0.1) is 0 Å². The number of anilines is 1. The molecule has 1 atom stereocenters. The van der Waals surface area contributed by atoms with Crippen molar-refractivity contribution < 1.29 is 9.59 Å². The van der Waals surface area contributed by atoms with E-state index in [1.54, 1.807) is 18.2 Å². The number of nitrogens with one attached hydrogen (secondary N) is 1. The molecule has 0 unspecified atom stereocenters. The van der Waals surface area contributed by atoms with E-state index in [9.17, 15) is 9.59 Å². The zero-order valence-electron chi connectivity index (χ0n) is 13.6. The maximum absolute atomic E-state index is 12.6. The summed E-state index contributed by atoms with van der Waals surface area (Å²) in [6, 6.07) is 7.24. The molecule has 26 heavy (non-hydrogen) atoms. The lowest BCUT2D eigenvalue weighted by atomic mass is 10.2. The quantitative estimate of drug-likeness (QED) is 0.704. The van der Waals surface area contributed by atoms with Crippen LogP contribution < -0.4 is 5.32 Å². The van der Waals surface area contributed by atoms with E-state index in [-0.39, 0.29) is 18.2 Å². The summed E-state index contributed by atoms with van der Waals surface area (Å²) >= 11 is 4.58. The maximum Gasteiger partial charge on any atom is 0.243 e. The molecular weight excluding hydrogens is 420 g/mol. The summed E-state index contributed by atoms with van der Waals surface area (Å²) < 4.78 is 2.34. The van der Waals surface area contributed by atoms with Gasteiger partial charge in [0.25, 0.3) is 0 Å². The van der Waals surface area contributed by atoms with E-state index in [2.05, 4.69) is 43.1 Å². The predicted octanol–water partition coefficient (Wildman–Crippen LogP) is 2.32. The third-order valence-electron chi connectivity index (χ3n) is 3.44. The Balaban J connectivity index is 1.69. The Bertz CT molecular complexity index is 837. The highest BCUT2D eigenvalue weighted by molar-refractivity contribution is 9.10. The first-order valence-electron chi connectivity index (χ1n) is 7.65. The Kier molecular flexibility index (Phi) is 5.84. The predicted molar refractivity (Wildman–Crippen MR) is 104 cm³/mol. The van der Waals surface area contributed by atoms with Crippen molar-refractivity contribution in [2.75, 3.05) is 11.9 Å². The minimum absolute atomic E-state index is 0.0500. The summed E-state index contributed by atoms with van der Waals surface area (Å²) in [5, 5.41) is 14.4. The third kappa shape index (κ3) is 4.38. The van der Waals surface area contributed by atoms with Crippen LogP contribution in [0.5, 0.6) is 0 Å². The lowest BCUT2D eigenvalue weighted by molar-refractivity contribution is -0.127. The molecule has 2 heterocycles. The van der Waals surface area contributed by atoms with Crippen molar-refractivity contribution in [2.24, 2.45) is 5.10 Å². The number of thioether (sulfide) groups is 1. The third-order valence-corrected chi connectivity index (χ3v) is 5.13. The summed E-state index contributed by atoms with van der Waals surface area (Å²) in [6.07, 6.45) is 4.52. The normalized spacial score (nSPS) is 18.3. The molecule has 8 nitrogen and oxygen atoms in total. The van der Waals surface area contributed by atoms with Crippen LogP contribution in [0.2, 0.25) is 0 Å². The molecule has 2 amide bonds. The van der Waals surface area contributed by atoms with E-state index in [1.807, 2.05) is 12.1 Å². The highest BCUT2D eigenvalue weighted by Gasteiger charge is 2.38. The number of carbonyl (C=O) groups excluding carboxylic acids is 2. The number of amides is 2. The first-order chi connectivity index (χ1) is 12.6. The zero-order chi connectivity index (χ0) is 18.5. The van der Waals surface area contributed by atoms with Crippen molar-refractivity contribution in [3.63, 3.8) is 0 Å². The summed E-state index contributed by atoms with van der Waals surface area (Å²) in [6.45, 7) is 3.98. The molecule has 134 valence electrons. The average molecular weight is 435 g/mol. The van der Waals surface area contributed by atoms with Gasteiger partial charge in [-0.2, -0.15) is 0 Å². The number of aromatic nitrogens is 3. The number of amidine groups is 1. The fourth-order valence-corrected chi connectivity index (χ4v) is 3.69. The van der Waals surface area contributed by atoms with E-state index in [0.29, 0.717) is 17.4 Å². The number of hydrogen-bond donors (Lipinski definition) is 1. The van der Waals surface area contributed by atoms with Gasteiger partial charge in [-0.1, -0.05) is 33.8 Å². The summed E-state index contributed by atoms with van der Waals surface area (Å²) in [4.78, 5) is 26.4. The lowest BCUT2D eigenvalue weighted by Crippen LogP contribution is -2.33. The van der Waals surface area contributed by atoms with Gasteiger partial charge in [0.2, 0.25) is 11.8 Å². The van der Waals surface area contributed by atoms with Crippen molar-refractivity contribution in [3.8, 4) is 0 Å². The number of carbonyl (C=O) groups is 2. The van der Waals surface area contributed by atoms with E-state index in [4.69, 9.17) is 0 Å². The van der Waals surface area contributed by atoms with Crippen LogP contribution in [0.15, 0.2) is 59.1 Å².